The molecule has 22 heavy (non-hydrogen) atoms. The minimum absolute atomic E-state index is 0.126. The van der Waals surface area contributed by atoms with Crippen LogP contribution in [-0.4, -0.2) is 22.8 Å². The summed E-state index contributed by atoms with van der Waals surface area (Å²) in [6.45, 7) is 5.79. The van der Waals surface area contributed by atoms with Gasteiger partial charge in [0.15, 0.2) is 5.76 Å². The molecule has 0 aliphatic heterocycles. The highest BCUT2D eigenvalue weighted by Gasteiger charge is 2.15. The highest BCUT2D eigenvalue weighted by Crippen LogP contribution is 2.20. The highest BCUT2D eigenvalue weighted by molar-refractivity contribution is 5.90. The molecule has 2 rings (SSSR count). The quantitative estimate of drug-likeness (QED) is 0.792. The van der Waals surface area contributed by atoms with Gasteiger partial charge in [0, 0.05) is 13.0 Å². The normalized spacial score (nSPS) is 12.0. The Hall–Kier alpha value is -2.34. The van der Waals surface area contributed by atoms with Crippen LogP contribution in [0.15, 0.2) is 28.8 Å². The number of aliphatic hydroxyl groups excluding tert-OH is 1. The molecule has 6 heteroatoms. The zero-order valence-corrected chi connectivity index (χ0v) is 13.0. The van der Waals surface area contributed by atoms with Crippen LogP contribution in [0.25, 0.3) is 0 Å². The van der Waals surface area contributed by atoms with Crippen molar-refractivity contribution in [3.8, 4) is 0 Å². The van der Waals surface area contributed by atoms with Gasteiger partial charge in [-0.2, -0.15) is 0 Å². The smallest absolute Gasteiger partial charge is 0.319 e. The molecule has 1 atom stereocenters. The van der Waals surface area contributed by atoms with Crippen molar-refractivity contribution in [3.05, 3.63) is 46.8 Å². The molecule has 1 aromatic heterocycles. The number of hydrogen-bond donors (Lipinski definition) is 3. The summed E-state index contributed by atoms with van der Waals surface area (Å²) in [4.78, 5) is 11.9. The number of nitrogens with one attached hydrogen (secondary N) is 2. The zero-order valence-electron chi connectivity index (χ0n) is 13.0. The van der Waals surface area contributed by atoms with Crippen LogP contribution in [-0.2, 0) is 6.42 Å². The number of aromatic nitrogens is 1. The molecular formula is C16H21N3O3. The Morgan fingerprint density at radius 2 is 2.00 bits per heavy atom. The average molecular weight is 303 g/mol. The maximum atomic E-state index is 11.9. The van der Waals surface area contributed by atoms with Gasteiger partial charge in [0.2, 0.25) is 0 Å². The number of aliphatic hydroxyl groups is 1. The van der Waals surface area contributed by atoms with Gasteiger partial charge >= 0.3 is 6.03 Å². The number of nitrogens with zero attached hydrogens (tertiary/aromatic N) is 1. The summed E-state index contributed by atoms with van der Waals surface area (Å²) in [5.41, 5.74) is 3.11. The first kappa shape index (κ1) is 16.0. The number of anilines is 1. The maximum Gasteiger partial charge on any atom is 0.319 e. The van der Waals surface area contributed by atoms with Crippen molar-refractivity contribution in [2.45, 2.75) is 33.3 Å². The van der Waals surface area contributed by atoms with E-state index in [1.807, 2.05) is 38.1 Å². The third kappa shape index (κ3) is 3.85. The number of hydrogen-bond acceptors (Lipinski definition) is 4. The summed E-state index contributed by atoms with van der Waals surface area (Å²) in [6, 6.07) is 7.14. The number of benzene rings is 1. The first-order valence-corrected chi connectivity index (χ1v) is 7.26. The molecule has 0 saturated carbocycles. The van der Waals surface area contributed by atoms with Gasteiger partial charge in [0.1, 0.15) is 11.4 Å². The van der Waals surface area contributed by atoms with E-state index in [1.165, 1.54) is 0 Å². The zero-order chi connectivity index (χ0) is 16.1. The van der Waals surface area contributed by atoms with E-state index >= 15 is 0 Å². The van der Waals surface area contributed by atoms with Crippen molar-refractivity contribution in [2.24, 2.45) is 0 Å². The molecule has 118 valence electrons. The monoisotopic (exact) mass is 303 g/mol. The van der Waals surface area contributed by atoms with Gasteiger partial charge in [-0.1, -0.05) is 41.9 Å². The highest BCUT2D eigenvalue weighted by atomic mass is 16.5. The summed E-state index contributed by atoms with van der Waals surface area (Å²) in [7, 11) is 0. The third-order valence-corrected chi connectivity index (χ3v) is 3.41. The Morgan fingerprint density at radius 3 is 2.64 bits per heavy atom. The van der Waals surface area contributed by atoms with Crippen molar-refractivity contribution >= 4 is 11.7 Å². The number of carbonyl (C=O) groups is 1. The van der Waals surface area contributed by atoms with E-state index in [4.69, 9.17) is 4.52 Å². The summed E-state index contributed by atoms with van der Waals surface area (Å²) >= 11 is 0. The van der Waals surface area contributed by atoms with E-state index in [0.717, 1.165) is 11.1 Å². The lowest BCUT2D eigenvalue weighted by Crippen LogP contribution is -2.32. The number of carbonyl (C=O) groups excluding carboxylic acids is 1. The molecule has 2 aromatic rings. The Bertz CT molecular complexity index is 635. The minimum atomic E-state index is -0.749. The second-order valence-electron chi connectivity index (χ2n) is 5.18. The lowest BCUT2D eigenvalue weighted by atomic mass is 10.1. The maximum absolute atomic E-state index is 11.9. The van der Waals surface area contributed by atoms with E-state index in [-0.39, 0.29) is 6.54 Å². The van der Waals surface area contributed by atoms with E-state index in [0.29, 0.717) is 23.6 Å². The summed E-state index contributed by atoms with van der Waals surface area (Å²) in [6.07, 6.45) is -0.108. The van der Waals surface area contributed by atoms with Crippen LogP contribution < -0.4 is 10.6 Å². The van der Waals surface area contributed by atoms with Crippen LogP contribution in [0.3, 0.4) is 0 Å². The lowest BCUT2D eigenvalue weighted by molar-refractivity contribution is 0.175. The van der Waals surface area contributed by atoms with Crippen LogP contribution in [0, 0.1) is 13.8 Å². The molecule has 0 spiro atoms. The van der Waals surface area contributed by atoms with Gasteiger partial charge in [-0.3, -0.25) is 0 Å². The molecule has 0 radical (unpaired) electrons. The molecule has 1 aromatic carbocycles. The van der Waals surface area contributed by atoms with Gasteiger partial charge in [0.05, 0.1) is 6.10 Å². The first-order valence-electron chi connectivity index (χ1n) is 7.26. The topological polar surface area (TPSA) is 87.4 Å². The molecule has 3 N–H and O–H groups in total. The lowest BCUT2D eigenvalue weighted by Gasteiger charge is -2.13. The largest absolute Gasteiger partial charge is 0.387 e. The Balaban J connectivity index is 1.90. The number of rotatable bonds is 5. The minimum Gasteiger partial charge on any atom is -0.387 e. The Morgan fingerprint density at radius 1 is 1.32 bits per heavy atom. The van der Waals surface area contributed by atoms with E-state index in [2.05, 4.69) is 15.8 Å². The van der Waals surface area contributed by atoms with E-state index in [9.17, 15) is 9.90 Å². The molecule has 0 aliphatic rings. The van der Waals surface area contributed by atoms with E-state index in [1.54, 1.807) is 6.92 Å². The predicted molar refractivity (Wildman–Crippen MR) is 83.8 cm³/mol. The third-order valence-electron chi connectivity index (χ3n) is 3.41. The molecule has 1 unspecified atom stereocenters. The summed E-state index contributed by atoms with van der Waals surface area (Å²) < 4.78 is 5.11. The van der Waals surface area contributed by atoms with Crippen molar-refractivity contribution in [1.29, 1.82) is 0 Å². The SMILES string of the molecule is CCc1onc(C)c1NC(=O)NCC(O)c1ccc(C)cc1. The standard InChI is InChI=1S/C16H21N3O3/c1-4-14-15(11(3)19-22-14)18-16(21)17-9-13(20)12-7-5-10(2)6-8-12/h5-8,13,20H,4,9H2,1-3H3,(H2,17,18,21). The van der Waals surface area contributed by atoms with Crippen molar-refractivity contribution in [2.75, 3.05) is 11.9 Å². The van der Waals surface area contributed by atoms with Crippen LogP contribution in [0.1, 0.15) is 35.6 Å². The molecule has 0 aliphatic carbocycles. The van der Waals surface area contributed by atoms with Crippen molar-refractivity contribution < 1.29 is 14.4 Å². The van der Waals surface area contributed by atoms with Crippen LogP contribution >= 0.6 is 0 Å². The average Bonchev–Trinajstić information content (AvgIpc) is 2.86. The fraction of sp³-hybridized carbons (Fsp3) is 0.375. The molecule has 0 fully saturated rings. The molecule has 1 heterocycles. The second kappa shape index (κ2) is 7.09. The fourth-order valence-corrected chi connectivity index (χ4v) is 2.07. The van der Waals surface area contributed by atoms with Gasteiger partial charge in [0.25, 0.3) is 0 Å². The van der Waals surface area contributed by atoms with Crippen LogP contribution in [0.5, 0.6) is 0 Å². The molecule has 0 saturated heterocycles. The van der Waals surface area contributed by atoms with Crippen molar-refractivity contribution in [1.82, 2.24) is 10.5 Å². The Labute approximate surface area is 129 Å². The second-order valence-corrected chi connectivity index (χ2v) is 5.18. The van der Waals surface area contributed by atoms with Crippen LogP contribution in [0.2, 0.25) is 0 Å². The molecule has 2 amide bonds. The number of aryl methyl sites for hydroxylation is 3. The van der Waals surface area contributed by atoms with Gasteiger partial charge in [-0.05, 0) is 19.4 Å². The molecule has 6 nitrogen and oxygen atoms in total. The van der Waals surface area contributed by atoms with Crippen molar-refractivity contribution in [3.63, 3.8) is 0 Å². The fourth-order valence-electron chi connectivity index (χ4n) is 2.07. The number of amides is 2. The van der Waals surface area contributed by atoms with Gasteiger partial charge in [-0.25, -0.2) is 4.79 Å². The van der Waals surface area contributed by atoms with Gasteiger partial charge < -0.3 is 20.3 Å². The first-order chi connectivity index (χ1) is 10.5. The Kier molecular flexibility index (Phi) is 5.16. The van der Waals surface area contributed by atoms with Gasteiger partial charge in [-0.15, -0.1) is 0 Å². The number of urea groups is 1. The molecule has 0 bridgehead atoms. The predicted octanol–water partition coefficient (Wildman–Crippen LogP) is 2.71. The molecular weight excluding hydrogens is 282 g/mol. The summed E-state index contributed by atoms with van der Waals surface area (Å²) in [5.74, 6) is 0.631. The summed E-state index contributed by atoms with van der Waals surface area (Å²) in [5, 5.41) is 19.2. The van der Waals surface area contributed by atoms with Crippen LogP contribution in [0.4, 0.5) is 10.5 Å². The van der Waals surface area contributed by atoms with E-state index < -0.39 is 12.1 Å².